The van der Waals surface area contributed by atoms with Crippen LogP contribution in [0, 0.1) is 11.6 Å². The van der Waals surface area contributed by atoms with E-state index in [2.05, 4.69) is 21.5 Å². The average Bonchev–Trinajstić information content (AvgIpc) is 2.99. The Hall–Kier alpha value is -1.58. The van der Waals surface area contributed by atoms with E-state index in [1.54, 1.807) is 0 Å². The summed E-state index contributed by atoms with van der Waals surface area (Å²) < 4.78 is 31.7. The summed E-state index contributed by atoms with van der Waals surface area (Å²) >= 11 is 10.0. The van der Waals surface area contributed by atoms with Crippen molar-refractivity contribution in [2.75, 3.05) is 18.5 Å². The van der Waals surface area contributed by atoms with Gasteiger partial charge in [-0.2, -0.15) is 0 Å². The molecule has 22 heavy (non-hydrogen) atoms. The molecular formula is C13H16F2N4OS2. The molecule has 1 heterocycles. The lowest BCUT2D eigenvalue weighted by Crippen LogP contribution is -2.49. The van der Waals surface area contributed by atoms with Crippen molar-refractivity contribution in [3.05, 3.63) is 29.8 Å². The molecule has 0 saturated carbocycles. The normalized spacial score (nSPS) is 16.9. The van der Waals surface area contributed by atoms with E-state index in [0.717, 1.165) is 31.6 Å². The molecule has 0 bridgehead atoms. The molecule has 1 aliphatic heterocycles. The van der Waals surface area contributed by atoms with E-state index < -0.39 is 11.6 Å². The van der Waals surface area contributed by atoms with Crippen molar-refractivity contribution in [1.29, 1.82) is 0 Å². The van der Waals surface area contributed by atoms with Gasteiger partial charge in [0.2, 0.25) is 0 Å². The van der Waals surface area contributed by atoms with Crippen LogP contribution in [0.2, 0.25) is 0 Å². The van der Waals surface area contributed by atoms with Gasteiger partial charge in [-0.3, -0.25) is 10.9 Å². The number of halogens is 2. The summed E-state index contributed by atoms with van der Waals surface area (Å²) in [6.45, 7) is 1.39. The highest BCUT2D eigenvalue weighted by atomic mass is 32.1. The van der Waals surface area contributed by atoms with Crippen LogP contribution in [0.25, 0.3) is 0 Å². The molecule has 0 aromatic heterocycles. The van der Waals surface area contributed by atoms with Crippen LogP contribution in [0.5, 0.6) is 0 Å². The second-order valence-electron chi connectivity index (χ2n) is 4.67. The molecule has 120 valence electrons. The predicted octanol–water partition coefficient (Wildman–Crippen LogP) is 1.81. The SMILES string of the molecule is Fc1ccc(NC(=S)NNC(=S)NC[C@H]2CCCO2)c(F)c1. The molecule has 9 heteroatoms. The molecule has 1 fully saturated rings. The lowest BCUT2D eigenvalue weighted by molar-refractivity contribution is 0.114. The van der Waals surface area contributed by atoms with Crippen molar-refractivity contribution in [1.82, 2.24) is 16.2 Å². The Morgan fingerprint density at radius 1 is 1.23 bits per heavy atom. The number of ether oxygens (including phenoxy) is 1. The molecule has 5 nitrogen and oxygen atoms in total. The van der Waals surface area contributed by atoms with Gasteiger partial charge in [0.25, 0.3) is 0 Å². The third-order valence-electron chi connectivity index (χ3n) is 2.98. The minimum absolute atomic E-state index is 0.0685. The highest BCUT2D eigenvalue weighted by molar-refractivity contribution is 7.80. The Morgan fingerprint density at radius 2 is 2.00 bits per heavy atom. The summed E-state index contributed by atoms with van der Waals surface area (Å²) in [6, 6.07) is 3.16. The summed E-state index contributed by atoms with van der Waals surface area (Å²) in [6.07, 6.45) is 2.23. The zero-order chi connectivity index (χ0) is 15.9. The average molecular weight is 346 g/mol. The number of thiocarbonyl (C=S) groups is 2. The number of hydrazine groups is 1. The molecule has 1 saturated heterocycles. The zero-order valence-corrected chi connectivity index (χ0v) is 13.3. The van der Waals surface area contributed by atoms with Gasteiger partial charge < -0.3 is 15.4 Å². The number of nitrogens with one attached hydrogen (secondary N) is 4. The van der Waals surface area contributed by atoms with E-state index in [0.29, 0.717) is 11.7 Å². The first-order valence-electron chi connectivity index (χ1n) is 6.72. The van der Waals surface area contributed by atoms with E-state index in [9.17, 15) is 8.78 Å². The Bertz CT molecular complexity index is 553. The summed E-state index contributed by atoms with van der Waals surface area (Å²) in [5.41, 5.74) is 5.35. The predicted molar refractivity (Wildman–Crippen MR) is 88.4 cm³/mol. The van der Waals surface area contributed by atoms with Gasteiger partial charge in [-0.25, -0.2) is 8.78 Å². The fourth-order valence-electron chi connectivity index (χ4n) is 1.91. The first-order chi connectivity index (χ1) is 10.5. The molecule has 0 aliphatic carbocycles. The van der Waals surface area contributed by atoms with E-state index >= 15 is 0 Å². The number of rotatable bonds is 3. The number of hydrogen-bond acceptors (Lipinski definition) is 3. The summed E-state index contributed by atoms with van der Waals surface area (Å²) in [5, 5.41) is 6.03. The van der Waals surface area contributed by atoms with Gasteiger partial charge in [0.15, 0.2) is 10.2 Å². The van der Waals surface area contributed by atoms with Crippen molar-refractivity contribution in [3.63, 3.8) is 0 Å². The molecule has 1 aromatic rings. The second kappa shape index (κ2) is 8.16. The van der Waals surface area contributed by atoms with Crippen molar-refractivity contribution < 1.29 is 13.5 Å². The maximum atomic E-state index is 13.4. The van der Waals surface area contributed by atoms with Crippen LogP contribution in [0.15, 0.2) is 18.2 Å². The standard InChI is InChI=1S/C13H16F2N4OS2/c14-8-3-4-11(10(15)6-8)17-13(22)19-18-12(21)16-7-9-2-1-5-20-9/h3-4,6,9H,1-2,5,7H2,(H2,16,18,21)(H2,17,19,22)/t9-/m1/s1. The Morgan fingerprint density at radius 3 is 2.68 bits per heavy atom. The highest BCUT2D eigenvalue weighted by Gasteiger charge is 2.15. The Labute approximate surface area is 137 Å². The van der Waals surface area contributed by atoms with Crippen LogP contribution in [0.4, 0.5) is 14.5 Å². The topological polar surface area (TPSA) is 57.3 Å². The van der Waals surface area contributed by atoms with Crippen LogP contribution in [0.3, 0.4) is 0 Å². The van der Waals surface area contributed by atoms with Gasteiger partial charge in [0.05, 0.1) is 11.8 Å². The molecule has 0 radical (unpaired) electrons. The molecule has 2 rings (SSSR count). The van der Waals surface area contributed by atoms with Crippen LogP contribution in [-0.2, 0) is 4.74 Å². The Balaban J connectivity index is 1.69. The zero-order valence-electron chi connectivity index (χ0n) is 11.6. The molecular weight excluding hydrogens is 330 g/mol. The number of benzene rings is 1. The van der Waals surface area contributed by atoms with Gasteiger partial charge in [-0.1, -0.05) is 0 Å². The molecule has 0 spiro atoms. The maximum Gasteiger partial charge on any atom is 0.189 e. The summed E-state index contributed by atoms with van der Waals surface area (Å²) in [4.78, 5) is 0. The minimum Gasteiger partial charge on any atom is -0.376 e. The van der Waals surface area contributed by atoms with Crippen LogP contribution >= 0.6 is 24.4 Å². The van der Waals surface area contributed by atoms with E-state index in [4.69, 9.17) is 29.2 Å². The quantitative estimate of drug-likeness (QED) is 0.492. The van der Waals surface area contributed by atoms with Gasteiger partial charge in [0.1, 0.15) is 11.6 Å². The van der Waals surface area contributed by atoms with Crippen molar-refractivity contribution in [2.45, 2.75) is 18.9 Å². The smallest absolute Gasteiger partial charge is 0.189 e. The summed E-state index contributed by atoms with van der Waals surface area (Å²) in [5.74, 6) is -1.39. The van der Waals surface area contributed by atoms with Crippen LogP contribution < -0.4 is 21.5 Å². The monoisotopic (exact) mass is 346 g/mol. The van der Waals surface area contributed by atoms with Gasteiger partial charge in [-0.15, -0.1) is 0 Å². The van der Waals surface area contributed by atoms with Crippen LogP contribution in [-0.4, -0.2) is 29.5 Å². The molecule has 0 amide bonds. The third-order valence-corrected chi connectivity index (χ3v) is 3.43. The maximum absolute atomic E-state index is 13.4. The Kier molecular flexibility index (Phi) is 6.22. The lowest BCUT2D eigenvalue weighted by Gasteiger charge is -2.16. The first-order valence-corrected chi connectivity index (χ1v) is 7.54. The molecule has 1 atom stereocenters. The lowest BCUT2D eigenvalue weighted by atomic mass is 10.2. The van der Waals surface area contributed by atoms with Gasteiger partial charge >= 0.3 is 0 Å². The minimum atomic E-state index is -0.733. The van der Waals surface area contributed by atoms with Crippen molar-refractivity contribution in [2.24, 2.45) is 0 Å². The van der Waals surface area contributed by atoms with Gasteiger partial charge in [0, 0.05) is 19.2 Å². The molecule has 0 unspecified atom stereocenters. The third kappa shape index (κ3) is 5.32. The van der Waals surface area contributed by atoms with Crippen LogP contribution in [0.1, 0.15) is 12.8 Å². The number of anilines is 1. The number of hydrogen-bond donors (Lipinski definition) is 4. The molecule has 1 aliphatic rings. The second-order valence-corrected chi connectivity index (χ2v) is 5.49. The van der Waals surface area contributed by atoms with E-state index in [-0.39, 0.29) is 16.9 Å². The van der Waals surface area contributed by atoms with Crippen molar-refractivity contribution in [3.8, 4) is 0 Å². The first kappa shape index (κ1) is 16.8. The fourth-order valence-corrected chi connectivity index (χ4v) is 2.21. The van der Waals surface area contributed by atoms with Crippen molar-refractivity contribution >= 4 is 40.3 Å². The fraction of sp³-hybridized carbons (Fsp3) is 0.385. The van der Waals surface area contributed by atoms with E-state index in [1.165, 1.54) is 6.07 Å². The largest absolute Gasteiger partial charge is 0.376 e. The molecule has 1 aromatic carbocycles. The highest BCUT2D eigenvalue weighted by Crippen LogP contribution is 2.14. The van der Waals surface area contributed by atoms with Gasteiger partial charge in [-0.05, 0) is 49.4 Å². The van der Waals surface area contributed by atoms with E-state index in [1.807, 2.05) is 0 Å². The summed E-state index contributed by atoms with van der Waals surface area (Å²) in [7, 11) is 0. The molecule has 4 N–H and O–H groups in total.